The molecule has 15 rings (SSSR count). The highest BCUT2D eigenvalue weighted by molar-refractivity contribution is 7.99. The number of thioether (sulfide) groups is 1. The number of azide groups is 1. The smallest absolute Gasteiger partial charge is 0.192 e. The summed E-state index contributed by atoms with van der Waals surface area (Å²) in [6.07, 6.45) is -0.422. The van der Waals surface area contributed by atoms with Crippen LogP contribution in [0.5, 0.6) is 0 Å². The predicted molar refractivity (Wildman–Crippen MR) is 501 cm³/mol. The Balaban J connectivity index is 0.710. The number of aldehydes is 1. The lowest BCUT2D eigenvalue weighted by atomic mass is 9.33. The van der Waals surface area contributed by atoms with Gasteiger partial charge in [-0.2, -0.15) is 0 Å². The van der Waals surface area contributed by atoms with Crippen molar-refractivity contribution in [1.82, 2.24) is 0 Å². The highest BCUT2D eigenvalue weighted by Crippen LogP contribution is 2.77. The zero-order valence-corrected chi connectivity index (χ0v) is 84.2. The summed E-state index contributed by atoms with van der Waals surface area (Å²) in [5.74, 6) is -0.458. The van der Waals surface area contributed by atoms with E-state index in [9.17, 15) is 15.1 Å². The number of fused-ring (bicyclic) bond motifs is 8. The Morgan fingerprint density at radius 1 is 0.577 bits per heavy atom. The van der Waals surface area contributed by atoms with Gasteiger partial charge in [0, 0.05) is 40.9 Å². The summed E-state index contributed by atoms with van der Waals surface area (Å²) >= 11 is 1.78. The van der Waals surface area contributed by atoms with Crippen LogP contribution in [0.15, 0.2) is 108 Å². The van der Waals surface area contributed by atoms with E-state index in [1.807, 2.05) is 102 Å². The van der Waals surface area contributed by atoms with Crippen molar-refractivity contribution in [3.8, 4) is 0 Å². The second-order valence-corrected chi connectivity index (χ2v) is 49.9. The zero-order valence-electron chi connectivity index (χ0n) is 82.4. The summed E-state index contributed by atoms with van der Waals surface area (Å²) in [5.41, 5.74) is 12.5. The standard InChI is InChI=1S/C105H159N3O20SSi/c1-24-76-63(7)64(8)87(128-130(25-2,26-3)27-4)95(118-76)125-91-86(122-93-65(9)62(6)61(5)53-115-93)67(11)84(69(13)110)121-96(91)120-81-46-47-101(19)79(102(81,20)59-109)45-48-103(21)80(101)44-43-74-75-51-99(15,16)49-50-105(75,82(111-23)52-104(74,103)22)60-129-98-88(66(10)83(107-108-106)77(119-98)57-112-54-71-37-31-28-32-38-71)123-97-92-90(126-100(17,18)127-92)89(70(14)117-97)124-94-68(12)85(114-56-73-41-35-30-36-42-73)78(58-116-94)113-55-72-39-33-29-34-40-72/h28-43,59,61-68,70,75-98H,24-27,44-58,60H2,1-23H3/t61-,62-,63+,64+,65?,66?,67-,68?,70?,75?,76?,77?,78-,79-,80?,81+,82?,83-,84?,85?,86+,87?,88?,89+,90?,91?,92?,93+,94+,95+,96-,97+,98+,101?,102-,103+,104-,105-/m1/s1. The Bertz CT molecular complexity index is 4300. The summed E-state index contributed by atoms with van der Waals surface area (Å²) < 4.78 is 129. The Hall–Kier alpha value is -4.10. The van der Waals surface area contributed by atoms with E-state index in [-0.39, 0.29) is 112 Å². The molecule has 4 saturated carbocycles. The number of benzene rings is 3. The van der Waals surface area contributed by atoms with Crippen molar-refractivity contribution in [3.05, 3.63) is 130 Å². The summed E-state index contributed by atoms with van der Waals surface area (Å²) in [7, 11) is -0.318. The maximum atomic E-state index is 15.0. The van der Waals surface area contributed by atoms with Gasteiger partial charge in [0.2, 0.25) is 0 Å². The van der Waals surface area contributed by atoms with Crippen molar-refractivity contribution in [1.29, 1.82) is 0 Å². The van der Waals surface area contributed by atoms with Gasteiger partial charge in [0.1, 0.15) is 48.3 Å². The number of hydrogen-bond donors (Lipinski definition) is 0. The number of methoxy groups -OCH3 is 1. The van der Waals surface area contributed by atoms with Crippen LogP contribution in [0.1, 0.15) is 233 Å². The van der Waals surface area contributed by atoms with Gasteiger partial charge in [0.25, 0.3) is 0 Å². The number of rotatable bonds is 33. The number of allylic oxidation sites excluding steroid dienone is 2. The number of ether oxygens (including phenoxy) is 17. The molecule has 0 N–H and O–H groups in total. The van der Waals surface area contributed by atoms with Crippen molar-refractivity contribution in [2.45, 2.75) is 395 Å². The van der Waals surface area contributed by atoms with Gasteiger partial charge in [-0.05, 0) is 201 Å². The predicted octanol–water partition coefficient (Wildman–Crippen LogP) is 20.9. The number of Topliss-reactive ketones (excluding diaryl/α,β-unsaturated/α-hetero) is 1. The highest BCUT2D eigenvalue weighted by Gasteiger charge is 2.72. The topological polar surface area (TPSA) is 249 Å². The maximum absolute atomic E-state index is 15.0. The van der Waals surface area contributed by atoms with Gasteiger partial charge >= 0.3 is 0 Å². The molecule has 0 aromatic heterocycles. The fourth-order valence-electron chi connectivity index (χ4n) is 26.7. The molecule has 23 nitrogen and oxygen atoms in total. The second-order valence-electron chi connectivity index (χ2n) is 44.1. The molecule has 25 heteroatoms. The lowest BCUT2D eigenvalue weighted by Gasteiger charge is -2.72. The van der Waals surface area contributed by atoms with Crippen LogP contribution in [-0.2, 0) is 114 Å². The minimum atomic E-state index is -2.26. The van der Waals surface area contributed by atoms with Gasteiger partial charge in [-0.15, -0.1) is 11.8 Å². The third-order valence-corrected chi connectivity index (χ3v) is 41.7. The Morgan fingerprint density at radius 2 is 1.19 bits per heavy atom. The van der Waals surface area contributed by atoms with E-state index in [4.69, 9.17) is 85.0 Å². The largest absolute Gasteiger partial charge is 0.408 e. The van der Waals surface area contributed by atoms with E-state index in [1.165, 1.54) is 6.29 Å². The SMILES string of the molecule is CCC1O[C@@H](OC2[C@H](O[C@H]3CCC4(C)C5CC=C6C7CC(C)(C)CC[C@]7(CS[C@@H]7OC(COCc8ccccc8)[C@H](N=[N+]=[N-])C(C)C7O[C@@H]7OC(C)[C@H](O[C@@H]8OC[C@@H](OCc9ccccc9)C(OCc9ccccc9)C8C)C8OC(C)(C)OC87)C(OC)C[C@@]6(C)[C@@]5(C)CC[C@H]4[C@@]3(C)C=O)OC(C(C)=O)[C@@H](C)[C@@H]2O[C@@H]2OC[C@@H](C)[C@@H](C)C2C)C(O[Si](CC)(CC)CC)[C@@H](C)[C@@H]1C. The van der Waals surface area contributed by atoms with Crippen molar-refractivity contribution in [3.63, 3.8) is 0 Å². The number of carbonyl (C=O) groups excluding carboxylic acids is 2. The molecular formula is C105H159N3O20SSi. The Labute approximate surface area is 782 Å². The van der Waals surface area contributed by atoms with Crippen molar-refractivity contribution >= 4 is 32.1 Å². The molecule has 7 heterocycles. The first-order valence-electron chi connectivity index (χ1n) is 49.9. The van der Waals surface area contributed by atoms with Gasteiger partial charge in [-0.25, -0.2) is 0 Å². The highest BCUT2D eigenvalue weighted by atomic mass is 32.2. The van der Waals surface area contributed by atoms with Gasteiger partial charge in [0.15, 0.2) is 51.3 Å². The molecule has 12 aliphatic rings. The first kappa shape index (κ1) is 100. The maximum Gasteiger partial charge on any atom is 0.192 e. The van der Waals surface area contributed by atoms with Gasteiger partial charge < -0.3 is 89.7 Å². The average Bonchev–Trinajstić information content (AvgIpc) is 0.775. The van der Waals surface area contributed by atoms with Crippen LogP contribution in [0.4, 0.5) is 0 Å². The fourth-order valence-corrected chi connectivity index (χ4v) is 31.3. The lowest BCUT2D eigenvalue weighted by molar-refractivity contribution is -0.376. The summed E-state index contributed by atoms with van der Waals surface area (Å²) in [5, 5.41) is 4.56. The molecule has 724 valence electrons. The van der Waals surface area contributed by atoms with Crippen molar-refractivity contribution in [2.75, 3.05) is 32.7 Å². The number of hydrogen-bond acceptors (Lipinski definition) is 22. The molecule has 38 atom stereocenters. The fraction of sp³-hybridized carbons (Fsp3) is 0.790. The lowest BCUT2D eigenvalue weighted by Crippen LogP contribution is -2.68. The van der Waals surface area contributed by atoms with Gasteiger partial charge in [-0.1, -0.05) is 232 Å². The van der Waals surface area contributed by atoms with Crippen molar-refractivity contribution in [2.24, 2.45) is 103 Å². The number of nitrogens with zero attached hydrogens (tertiary/aromatic N) is 3. The molecule has 0 amide bonds. The molecule has 17 unspecified atom stereocenters. The monoisotopic (exact) mass is 1840 g/mol. The number of ketones is 1. The molecule has 11 fully saturated rings. The minimum Gasteiger partial charge on any atom is -0.408 e. The first-order chi connectivity index (χ1) is 62.0. The molecule has 0 radical (unpaired) electrons. The third-order valence-electron chi connectivity index (χ3n) is 35.7. The minimum absolute atomic E-state index is 0.0100. The van der Waals surface area contributed by atoms with E-state index in [0.717, 1.165) is 92.6 Å². The van der Waals surface area contributed by atoms with Crippen LogP contribution >= 0.6 is 11.8 Å². The van der Waals surface area contributed by atoms with E-state index in [0.29, 0.717) is 50.4 Å². The Morgan fingerprint density at radius 3 is 1.83 bits per heavy atom. The summed E-state index contributed by atoms with van der Waals surface area (Å²) in [6, 6.07) is 32.6. The molecule has 7 saturated heterocycles. The van der Waals surface area contributed by atoms with E-state index >= 15 is 0 Å². The van der Waals surface area contributed by atoms with Crippen LogP contribution in [0.25, 0.3) is 10.4 Å². The average molecular weight is 1840 g/mol. The molecular weight excluding hydrogens is 1680 g/mol. The van der Waals surface area contributed by atoms with Crippen LogP contribution < -0.4 is 0 Å². The third kappa shape index (κ3) is 19.6. The molecule has 0 bridgehead atoms. The first-order valence-corrected chi connectivity index (χ1v) is 53.5. The second kappa shape index (κ2) is 41.1. The molecule has 130 heavy (non-hydrogen) atoms. The van der Waals surface area contributed by atoms with E-state index in [2.05, 4.69) is 158 Å². The van der Waals surface area contributed by atoms with E-state index in [1.54, 1.807) is 24.3 Å². The van der Waals surface area contributed by atoms with Gasteiger partial charge in [0.05, 0.1) is 106 Å². The van der Waals surface area contributed by atoms with Crippen molar-refractivity contribution < 1.29 is 94.5 Å². The molecule has 3 aromatic carbocycles. The quantitative estimate of drug-likeness (QED) is 0.0104. The zero-order chi connectivity index (χ0) is 93.0. The molecule has 0 spiro atoms. The molecule has 5 aliphatic carbocycles. The van der Waals surface area contributed by atoms with Gasteiger partial charge in [-0.3, -0.25) is 4.79 Å². The van der Waals surface area contributed by atoms with Crippen LogP contribution in [0, 0.1) is 97.6 Å². The normalized spacial score (nSPS) is 44.6. The molecule has 7 aliphatic heterocycles. The van der Waals surface area contributed by atoms with Crippen LogP contribution in [0.3, 0.4) is 0 Å². The van der Waals surface area contributed by atoms with E-state index < -0.39 is 141 Å². The van der Waals surface area contributed by atoms with Crippen LogP contribution in [0.2, 0.25) is 18.1 Å². The number of carbonyl (C=O) groups is 2. The summed E-state index contributed by atoms with van der Waals surface area (Å²) in [6.45, 7) is 50.7. The summed E-state index contributed by atoms with van der Waals surface area (Å²) in [4.78, 5) is 32.8. The molecule has 3 aromatic rings. The Kier molecular flexibility index (Phi) is 31.7. The van der Waals surface area contributed by atoms with Crippen LogP contribution in [-0.4, -0.2) is 193 Å².